The Balaban J connectivity index is 1.28. The van der Waals surface area contributed by atoms with Crippen molar-refractivity contribution in [1.29, 1.82) is 0 Å². The van der Waals surface area contributed by atoms with Gasteiger partial charge in [0.25, 0.3) is 0 Å². The number of piperazine rings is 1. The van der Waals surface area contributed by atoms with E-state index in [1.807, 2.05) is 6.07 Å². The van der Waals surface area contributed by atoms with Crippen LogP contribution < -0.4 is 9.64 Å². The van der Waals surface area contributed by atoms with Crippen LogP contribution in [0.5, 0.6) is 5.75 Å². The van der Waals surface area contributed by atoms with E-state index < -0.39 is 0 Å². The Morgan fingerprint density at radius 2 is 1.76 bits per heavy atom. The van der Waals surface area contributed by atoms with Crippen LogP contribution in [0.4, 0.5) is 5.69 Å². The molecule has 5 heteroatoms. The Morgan fingerprint density at radius 3 is 2.52 bits per heavy atom. The summed E-state index contributed by atoms with van der Waals surface area (Å²) in [6.07, 6.45) is 6.01. The SMILES string of the molecule is COc1ccc(N2CCN(CCCn3ccc4c3CCCC4=O)CC2)c(C)c1C. The molecule has 1 saturated heterocycles. The first-order valence-corrected chi connectivity index (χ1v) is 10.9. The highest BCUT2D eigenvalue weighted by Crippen LogP contribution is 2.30. The van der Waals surface area contributed by atoms with E-state index in [1.165, 1.54) is 22.5 Å². The summed E-state index contributed by atoms with van der Waals surface area (Å²) < 4.78 is 7.76. The van der Waals surface area contributed by atoms with Gasteiger partial charge >= 0.3 is 0 Å². The Labute approximate surface area is 174 Å². The zero-order chi connectivity index (χ0) is 20.4. The molecule has 156 valence electrons. The van der Waals surface area contributed by atoms with Crippen molar-refractivity contribution in [1.82, 2.24) is 9.47 Å². The van der Waals surface area contributed by atoms with E-state index in [2.05, 4.69) is 46.5 Å². The molecule has 1 aromatic heterocycles. The van der Waals surface area contributed by atoms with Gasteiger partial charge in [-0.05, 0) is 69.0 Å². The minimum Gasteiger partial charge on any atom is -0.496 e. The Hall–Kier alpha value is -2.27. The smallest absolute Gasteiger partial charge is 0.164 e. The molecular weight excluding hydrogens is 362 g/mol. The van der Waals surface area contributed by atoms with Crippen LogP contribution in [-0.2, 0) is 13.0 Å². The molecule has 2 aromatic rings. The highest BCUT2D eigenvalue weighted by molar-refractivity contribution is 5.98. The second-order valence-corrected chi connectivity index (χ2v) is 8.37. The van der Waals surface area contributed by atoms with Gasteiger partial charge in [0.05, 0.1) is 7.11 Å². The zero-order valence-corrected chi connectivity index (χ0v) is 18.0. The number of anilines is 1. The Bertz CT molecular complexity index is 878. The molecular formula is C24H33N3O2. The number of ether oxygens (including phenoxy) is 1. The minimum atomic E-state index is 0.324. The summed E-state index contributed by atoms with van der Waals surface area (Å²) in [4.78, 5) is 17.1. The number of hydrogen-bond acceptors (Lipinski definition) is 4. The van der Waals surface area contributed by atoms with Crippen LogP contribution in [0.2, 0.25) is 0 Å². The molecule has 0 saturated carbocycles. The lowest BCUT2D eigenvalue weighted by Crippen LogP contribution is -2.47. The molecule has 0 radical (unpaired) electrons. The largest absolute Gasteiger partial charge is 0.496 e. The normalized spacial score (nSPS) is 17.5. The molecule has 2 heterocycles. The maximum atomic E-state index is 12.0. The fourth-order valence-electron chi connectivity index (χ4n) is 4.82. The van der Waals surface area contributed by atoms with Gasteiger partial charge < -0.3 is 14.2 Å². The van der Waals surface area contributed by atoms with E-state index in [1.54, 1.807) is 7.11 Å². The molecule has 0 unspecified atom stereocenters. The molecule has 0 atom stereocenters. The van der Waals surface area contributed by atoms with E-state index in [0.29, 0.717) is 12.2 Å². The number of ketones is 1. The van der Waals surface area contributed by atoms with Crippen LogP contribution in [0.3, 0.4) is 0 Å². The highest BCUT2D eigenvalue weighted by Gasteiger charge is 2.22. The first kappa shape index (κ1) is 20.0. The van der Waals surface area contributed by atoms with Gasteiger partial charge in [-0.25, -0.2) is 0 Å². The average molecular weight is 396 g/mol. The van der Waals surface area contributed by atoms with Crippen molar-refractivity contribution in [3.8, 4) is 5.75 Å². The summed E-state index contributed by atoms with van der Waals surface area (Å²) in [6, 6.07) is 6.31. The maximum absolute atomic E-state index is 12.0. The summed E-state index contributed by atoms with van der Waals surface area (Å²) >= 11 is 0. The summed E-state index contributed by atoms with van der Waals surface area (Å²) in [5.41, 5.74) is 6.13. The molecule has 1 aromatic carbocycles. The third-order valence-corrected chi connectivity index (χ3v) is 6.71. The summed E-state index contributed by atoms with van der Waals surface area (Å²) in [7, 11) is 1.74. The lowest BCUT2D eigenvalue weighted by atomic mass is 9.97. The Kier molecular flexibility index (Phi) is 5.95. The molecule has 1 fully saturated rings. The standard InChI is InChI=1S/C24H33N3O2/c1-18-19(2)24(29-3)9-8-21(18)27-16-14-25(15-17-27)11-5-12-26-13-10-20-22(26)6-4-7-23(20)28/h8-10,13H,4-7,11-12,14-17H2,1-3H3. The lowest BCUT2D eigenvalue weighted by Gasteiger charge is -2.37. The number of fused-ring (bicyclic) bond motifs is 1. The number of hydrogen-bond donors (Lipinski definition) is 0. The number of benzene rings is 1. The number of carbonyl (C=O) groups is 1. The lowest BCUT2D eigenvalue weighted by molar-refractivity contribution is 0.0971. The number of Topliss-reactive ketones (excluding diaryl/α,β-unsaturated/α-hetero) is 1. The van der Waals surface area contributed by atoms with Gasteiger partial charge in [-0.2, -0.15) is 0 Å². The fraction of sp³-hybridized carbons (Fsp3) is 0.542. The third-order valence-electron chi connectivity index (χ3n) is 6.71. The maximum Gasteiger partial charge on any atom is 0.164 e. The molecule has 1 aliphatic heterocycles. The summed E-state index contributed by atoms with van der Waals surface area (Å²) in [6.45, 7) is 10.8. The number of aryl methyl sites for hydroxylation is 1. The van der Waals surface area contributed by atoms with Crippen molar-refractivity contribution in [2.45, 2.75) is 46.1 Å². The van der Waals surface area contributed by atoms with Crippen LogP contribution in [-0.4, -0.2) is 55.1 Å². The van der Waals surface area contributed by atoms with Gasteiger partial charge in [-0.3, -0.25) is 9.69 Å². The number of rotatable bonds is 6. The molecule has 5 nitrogen and oxygen atoms in total. The molecule has 1 aliphatic carbocycles. The van der Waals surface area contributed by atoms with Gasteiger partial charge in [0.2, 0.25) is 0 Å². The van der Waals surface area contributed by atoms with E-state index in [9.17, 15) is 4.79 Å². The first-order valence-electron chi connectivity index (χ1n) is 10.9. The van der Waals surface area contributed by atoms with Gasteiger partial charge in [-0.1, -0.05) is 0 Å². The molecule has 0 bridgehead atoms. The second kappa shape index (κ2) is 8.62. The minimum absolute atomic E-state index is 0.324. The van der Waals surface area contributed by atoms with Gasteiger partial charge in [-0.15, -0.1) is 0 Å². The molecule has 29 heavy (non-hydrogen) atoms. The molecule has 0 N–H and O–H groups in total. The zero-order valence-electron chi connectivity index (χ0n) is 18.0. The number of aromatic nitrogens is 1. The molecule has 2 aliphatic rings. The van der Waals surface area contributed by atoms with Crippen molar-refractivity contribution in [2.75, 3.05) is 44.7 Å². The van der Waals surface area contributed by atoms with Crippen LogP contribution >= 0.6 is 0 Å². The third kappa shape index (κ3) is 4.06. The highest BCUT2D eigenvalue weighted by atomic mass is 16.5. The second-order valence-electron chi connectivity index (χ2n) is 8.37. The van der Waals surface area contributed by atoms with Crippen molar-refractivity contribution in [2.24, 2.45) is 0 Å². The monoisotopic (exact) mass is 395 g/mol. The molecule has 0 spiro atoms. The predicted octanol–water partition coefficient (Wildman–Crippen LogP) is 3.84. The fourth-order valence-corrected chi connectivity index (χ4v) is 4.82. The van der Waals surface area contributed by atoms with E-state index >= 15 is 0 Å². The van der Waals surface area contributed by atoms with E-state index in [-0.39, 0.29) is 0 Å². The van der Waals surface area contributed by atoms with Crippen LogP contribution in [0.25, 0.3) is 0 Å². The van der Waals surface area contributed by atoms with Gasteiger partial charge in [0, 0.05) is 62.3 Å². The number of carbonyl (C=O) groups excluding carboxylic acids is 1. The number of methoxy groups -OCH3 is 1. The predicted molar refractivity (Wildman–Crippen MR) is 117 cm³/mol. The number of nitrogens with zero attached hydrogens (tertiary/aromatic N) is 3. The van der Waals surface area contributed by atoms with Crippen LogP contribution in [0.15, 0.2) is 24.4 Å². The van der Waals surface area contributed by atoms with Crippen molar-refractivity contribution < 1.29 is 9.53 Å². The topological polar surface area (TPSA) is 37.7 Å². The van der Waals surface area contributed by atoms with Crippen LogP contribution in [0.1, 0.15) is 46.4 Å². The average Bonchev–Trinajstić information content (AvgIpc) is 3.15. The van der Waals surface area contributed by atoms with E-state index in [0.717, 1.165) is 69.8 Å². The van der Waals surface area contributed by atoms with Crippen molar-refractivity contribution in [3.63, 3.8) is 0 Å². The first-order chi connectivity index (χ1) is 14.1. The van der Waals surface area contributed by atoms with Gasteiger partial charge in [0.15, 0.2) is 5.78 Å². The quantitative estimate of drug-likeness (QED) is 0.745. The Morgan fingerprint density at radius 1 is 0.966 bits per heavy atom. The van der Waals surface area contributed by atoms with E-state index in [4.69, 9.17) is 4.74 Å². The molecule has 0 amide bonds. The summed E-state index contributed by atoms with van der Waals surface area (Å²) in [5.74, 6) is 1.30. The molecule has 4 rings (SSSR count). The van der Waals surface area contributed by atoms with Crippen molar-refractivity contribution in [3.05, 3.63) is 46.8 Å². The van der Waals surface area contributed by atoms with Crippen molar-refractivity contribution >= 4 is 11.5 Å². The summed E-state index contributed by atoms with van der Waals surface area (Å²) in [5, 5.41) is 0. The van der Waals surface area contributed by atoms with Crippen LogP contribution in [0, 0.1) is 13.8 Å². The van der Waals surface area contributed by atoms with Gasteiger partial charge in [0.1, 0.15) is 5.75 Å².